The molecule has 0 aromatic heterocycles. The number of anilines is 1. The van der Waals surface area contributed by atoms with E-state index in [-0.39, 0.29) is 17.6 Å². The molecular weight excluding hydrogens is 390 g/mol. The smallest absolute Gasteiger partial charge is 0.240 e. The van der Waals surface area contributed by atoms with Crippen molar-refractivity contribution in [2.24, 2.45) is 16.9 Å². The number of Topliss-reactive ketones (excluding diaryl/α,β-unsaturated/α-hetero) is 1. The van der Waals surface area contributed by atoms with Crippen LogP contribution in [0.3, 0.4) is 0 Å². The first-order valence-corrected chi connectivity index (χ1v) is 10.3. The average molecular weight is 409 g/mol. The highest BCUT2D eigenvalue weighted by atomic mass is 16.2. The summed E-state index contributed by atoms with van der Waals surface area (Å²) in [5, 5.41) is 8.15. The first kappa shape index (κ1) is 18.0. The normalized spacial score (nSPS) is 26.2. The molecule has 3 aliphatic rings. The van der Waals surface area contributed by atoms with Crippen molar-refractivity contribution in [1.29, 1.82) is 0 Å². The Labute approximate surface area is 178 Å². The number of carbonyl (C=O) groups is 3. The van der Waals surface area contributed by atoms with Gasteiger partial charge in [-0.05, 0) is 41.0 Å². The number of benzene rings is 3. The van der Waals surface area contributed by atoms with Gasteiger partial charge in [0.25, 0.3) is 0 Å². The van der Waals surface area contributed by atoms with E-state index in [0.29, 0.717) is 5.69 Å². The summed E-state index contributed by atoms with van der Waals surface area (Å²) in [6.45, 7) is 1.47. The molecule has 3 aromatic rings. The van der Waals surface area contributed by atoms with E-state index in [0.717, 1.165) is 21.9 Å². The number of hydrazone groups is 1. The molecule has 0 N–H and O–H groups in total. The molecule has 2 saturated heterocycles. The van der Waals surface area contributed by atoms with Gasteiger partial charge in [0.05, 0.1) is 29.8 Å². The van der Waals surface area contributed by atoms with Gasteiger partial charge in [0, 0.05) is 0 Å². The first-order chi connectivity index (χ1) is 15.1. The third-order valence-electron chi connectivity index (χ3n) is 6.70. The molecule has 0 unspecified atom stereocenters. The molecule has 152 valence electrons. The number of imide groups is 1. The van der Waals surface area contributed by atoms with Gasteiger partial charge in [0.1, 0.15) is 6.04 Å². The molecule has 2 fully saturated rings. The van der Waals surface area contributed by atoms with Crippen LogP contribution >= 0.6 is 0 Å². The number of amides is 2. The molecule has 6 nitrogen and oxygen atoms in total. The van der Waals surface area contributed by atoms with Crippen LogP contribution in [-0.2, 0) is 14.4 Å². The van der Waals surface area contributed by atoms with Gasteiger partial charge >= 0.3 is 0 Å². The molecular formula is C25H19N3O3. The molecule has 0 spiro atoms. The Kier molecular flexibility index (Phi) is 3.69. The van der Waals surface area contributed by atoms with E-state index in [1.54, 1.807) is 17.3 Å². The van der Waals surface area contributed by atoms with Crippen LogP contribution in [0.5, 0.6) is 0 Å². The van der Waals surface area contributed by atoms with E-state index in [4.69, 9.17) is 0 Å². The minimum Gasteiger partial charge on any atom is -0.298 e. The topological polar surface area (TPSA) is 70.0 Å². The van der Waals surface area contributed by atoms with Crippen LogP contribution in [0.25, 0.3) is 10.8 Å². The molecule has 2 amide bonds. The SMILES string of the molecule is CC(=O)[C@@H]1[C@@H]2C(=O)N(c3ccc4ccccc4c3)C(=O)[C@@H]2[C@@H]2c3ccccc3C=NN12. The minimum atomic E-state index is -0.749. The number of hydrogen-bond acceptors (Lipinski definition) is 5. The lowest BCUT2D eigenvalue weighted by Crippen LogP contribution is -2.43. The summed E-state index contributed by atoms with van der Waals surface area (Å²) in [7, 11) is 0. The third kappa shape index (κ3) is 2.39. The van der Waals surface area contributed by atoms with Crippen molar-refractivity contribution in [3.8, 4) is 0 Å². The van der Waals surface area contributed by atoms with Gasteiger partial charge in [-0.3, -0.25) is 19.4 Å². The van der Waals surface area contributed by atoms with Crippen LogP contribution in [0.4, 0.5) is 5.69 Å². The Morgan fingerprint density at radius 3 is 2.39 bits per heavy atom. The Morgan fingerprint density at radius 1 is 0.871 bits per heavy atom. The second-order valence-corrected chi connectivity index (χ2v) is 8.35. The largest absolute Gasteiger partial charge is 0.298 e. The molecule has 0 bridgehead atoms. The third-order valence-corrected chi connectivity index (χ3v) is 6.70. The van der Waals surface area contributed by atoms with Gasteiger partial charge in [0.2, 0.25) is 11.8 Å². The highest BCUT2D eigenvalue weighted by molar-refractivity contribution is 6.24. The van der Waals surface area contributed by atoms with Gasteiger partial charge < -0.3 is 0 Å². The fourth-order valence-electron chi connectivity index (χ4n) is 5.39. The van der Waals surface area contributed by atoms with Crippen LogP contribution in [0.2, 0.25) is 0 Å². The number of nitrogens with zero attached hydrogens (tertiary/aromatic N) is 3. The second-order valence-electron chi connectivity index (χ2n) is 8.35. The molecule has 0 saturated carbocycles. The Balaban J connectivity index is 1.49. The number of fused-ring (bicyclic) bond motifs is 6. The lowest BCUT2D eigenvalue weighted by Gasteiger charge is -2.33. The maximum absolute atomic E-state index is 13.7. The Morgan fingerprint density at radius 2 is 1.58 bits per heavy atom. The zero-order valence-corrected chi connectivity index (χ0v) is 16.8. The summed E-state index contributed by atoms with van der Waals surface area (Å²) < 4.78 is 0. The standard InChI is InChI=1S/C25H19N3O3/c1-14(29)22-20-21(23-19-9-5-4-8-17(19)13-26-28(22)23)25(31)27(24(20)30)18-11-10-15-6-2-3-7-16(15)12-18/h2-13,20-23H,1H3/t20-,21+,22-,23+/m1/s1. The van der Waals surface area contributed by atoms with E-state index in [2.05, 4.69) is 5.10 Å². The maximum Gasteiger partial charge on any atom is 0.240 e. The molecule has 0 aliphatic carbocycles. The Bertz CT molecular complexity index is 1310. The molecule has 4 atom stereocenters. The summed E-state index contributed by atoms with van der Waals surface area (Å²) in [5.41, 5.74) is 2.39. The molecule has 3 aliphatic heterocycles. The van der Waals surface area contributed by atoms with Crippen molar-refractivity contribution in [3.63, 3.8) is 0 Å². The molecule has 6 heteroatoms. The van der Waals surface area contributed by atoms with Crippen LogP contribution < -0.4 is 4.90 Å². The molecule has 0 radical (unpaired) electrons. The quantitative estimate of drug-likeness (QED) is 0.609. The fourth-order valence-corrected chi connectivity index (χ4v) is 5.39. The fraction of sp³-hybridized carbons (Fsp3) is 0.200. The van der Waals surface area contributed by atoms with Crippen molar-refractivity contribution in [2.75, 3.05) is 4.90 Å². The van der Waals surface area contributed by atoms with E-state index < -0.39 is 23.9 Å². The summed E-state index contributed by atoms with van der Waals surface area (Å²) in [6.07, 6.45) is 1.71. The first-order valence-electron chi connectivity index (χ1n) is 10.3. The van der Waals surface area contributed by atoms with Gasteiger partial charge in [-0.2, -0.15) is 5.10 Å². The highest BCUT2D eigenvalue weighted by Gasteiger charge is 2.64. The maximum atomic E-state index is 13.7. The van der Waals surface area contributed by atoms with E-state index in [1.807, 2.05) is 60.7 Å². The van der Waals surface area contributed by atoms with Crippen LogP contribution in [0.15, 0.2) is 71.8 Å². The number of rotatable bonds is 2. The van der Waals surface area contributed by atoms with Crippen molar-refractivity contribution in [1.82, 2.24) is 5.01 Å². The van der Waals surface area contributed by atoms with Gasteiger partial charge in [-0.15, -0.1) is 0 Å². The average Bonchev–Trinajstić information content (AvgIpc) is 3.26. The van der Waals surface area contributed by atoms with Crippen LogP contribution in [0.1, 0.15) is 24.1 Å². The summed E-state index contributed by atoms with van der Waals surface area (Å²) >= 11 is 0. The molecule has 31 heavy (non-hydrogen) atoms. The number of ketones is 1. The summed E-state index contributed by atoms with van der Waals surface area (Å²) in [4.78, 5) is 41.2. The van der Waals surface area contributed by atoms with Gasteiger partial charge in [-0.1, -0.05) is 54.6 Å². The number of hydrogen-bond donors (Lipinski definition) is 0. The molecule has 3 heterocycles. The van der Waals surface area contributed by atoms with E-state index in [9.17, 15) is 14.4 Å². The lowest BCUT2D eigenvalue weighted by molar-refractivity contribution is -0.129. The monoisotopic (exact) mass is 409 g/mol. The second kappa shape index (κ2) is 6.35. The predicted molar refractivity (Wildman–Crippen MR) is 117 cm³/mol. The Hall–Kier alpha value is -3.80. The number of carbonyl (C=O) groups excluding carboxylic acids is 3. The van der Waals surface area contributed by atoms with Gasteiger partial charge in [-0.25, -0.2) is 4.90 Å². The van der Waals surface area contributed by atoms with Gasteiger partial charge in [0.15, 0.2) is 5.78 Å². The minimum absolute atomic E-state index is 0.157. The predicted octanol–water partition coefficient (Wildman–Crippen LogP) is 3.31. The van der Waals surface area contributed by atoms with Crippen molar-refractivity contribution >= 4 is 40.3 Å². The van der Waals surface area contributed by atoms with E-state index >= 15 is 0 Å². The van der Waals surface area contributed by atoms with Crippen molar-refractivity contribution in [2.45, 2.75) is 19.0 Å². The molecule has 6 rings (SSSR count). The zero-order chi connectivity index (χ0) is 21.3. The zero-order valence-electron chi connectivity index (χ0n) is 16.8. The summed E-state index contributed by atoms with van der Waals surface area (Å²) in [5.74, 6) is -2.14. The van der Waals surface area contributed by atoms with Crippen LogP contribution in [-0.4, -0.2) is 34.9 Å². The molecule has 3 aromatic carbocycles. The lowest BCUT2D eigenvalue weighted by atomic mass is 9.84. The van der Waals surface area contributed by atoms with Crippen molar-refractivity contribution in [3.05, 3.63) is 77.9 Å². The van der Waals surface area contributed by atoms with Crippen LogP contribution in [0, 0.1) is 11.8 Å². The van der Waals surface area contributed by atoms with E-state index in [1.165, 1.54) is 11.8 Å². The summed E-state index contributed by atoms with van der Waals surface area (Å²) in [6, 6.07) is 19.9. The highest BCUT2D eigenvalue weighted by Crippen LogP contribution is 2.52. The van der Waals surface area contributed by atoms with Crippen molar-refractivity contribution < 1.29 is 14.4 Å².